The minimum absolute atomic E-state index is 0.477. The lowest BCUT2D eigenvalue weighted by atomic mass is 10.1. The molecule has 1 heterocycles. The van der Waals surface area contributed by atoms with Gasteiger partial charge in [-0.3, -0.25) is 0 Å². The molecule has 1 fully saturated rings. The summed E-state index contributed by atoms with van der Waals surface area (Å²) < 4.78 is 0. The Morgan fingerprint density at radius 3 is 3.00 bits per heavy atom. The summed E-state index contributed by atoms with van der Waals surface area (Å²) in [6.45, 7) is 3.02. The van der Waals surface area contributed by atoms with E-state index in [1.807, 2.05) is 17.5 Å². The van der Waals surface area contributed by atoms with Crippen LogP contribution in [0.5, 0.6) is 0 Å². The SMILES string of the molecule is CC1(c2cnc(CCN)s2)CC1. The fourth-order valence-corrected chi connectivity index (χ4v) is 2.40. The van der Waals surface area contributed by atoms with Crippen molar-refractivity contribution in [1.29, 1.82) is 0 Å². The third kappa shape index (κ3) is 1.39. The first kappa shape index (κ1) is 8.20. The van der Waals surface area contributed by atoms with Gasteiger partial charge in [0.25, 0.3) is 0 Å². The number of nitrogens with two attached hydrogens (primary N) is 1. The highest BCUT2D eigenvalue weighted by molar-refractivity contribution is 7.11. The lowest BCUT2D eigenvalue weighted by Crippen LogP contribution is -2.01. The molecule has 1 aliphatic rings. The molecule has 0 radical (unpaired) electrons. The van der Waals surface area contributed by atoms with E-state index in [2.05, 4.69) is 11.9 Å². The molecule has 0 aliphatic heterocycles. The van der Waals surface area contributed by atoms with Gasteiger partial charge in [-0.05, 0) is 19.4 Å². The van der Waals surface area contributed by atoms with Gasteiger partial charge in [0.05, 0.1) is 5.01 Å². The van der Waals surface area contributed by atoms with Crippen molar-refractivity contribution in [2.75, 3.05) is 6.54 Å². The summed E-state index contributed by atoms with van der Waals surface area (Å²) >= 11 is 1.84. The van der Waals surface area contributed by atoms with Gasteiger partial charge >= 0.3 is 0 Å². The van der Waals surface area contributed by atoms with Crippen molar-refractivity contribution >= 4 is 11.3 Å². The molecule has 2 nitrogen and oxygen atoms in total. The van der Waals surface area contributed by atoms with Crippen LogP contribution in [0.3, 0.4) is 0 Å². The quantitative estimate of drug-likeness (QED) is 0.772. The molecule has 2 rings (SSSR count). The Morgan fingerprint density at radius 2 is 2.42 bits per heavy atom. The first-order valence-electron chi connectivity index (χ1n) is 4.40. The molecule has 1 aromatic rings. The van der Waals surface area contributed by atoms with Crippen LogP contribution in [0.25, 0.3) is 0 Å². The largest absolute Gasteiger partial charge is 0.330 e. The molecule has 2 N–H and O–H groups in total. The van der Waals surface area contributed by atoms with Crippen LogP contribution in [0.2, 0.25) is 0 Å². The predicted octanol–water partition coefficient (Wildman–Crippen LogP) is 1.70. The van der Waals surface area contributed by atoms with Crippen molar-refractivity contribution < 1.29 is 0 Å². The number of hydrogen-bond donors (Lipinski definition) is 1. The third-order valence-corrected chi connectivity index (χ3v) is 3.87. The van der Waals surface area contributed by atoms with Gasteiger partial charge in [-0.15, -0.1) is 11.3 Å². The second kappa shape index (κ2) is 2.82. The maximum atomic E-state index is 5.46. The van der Waals surface area contributed by atoms with Gasteiger partial charge in [-0.1, -0.05) is 6.92 Å². The lowest BCUT2D eigenvalue weighted by molar-refractivity contribution is 0.805. The van der Waals surface area contributed by atoms with Crippen molar-refractivity contribution in [3.8, 4) is 0 Å². The van der Waals surface area contributed by atoms with Gasteiger partial charge in [0.2, 0.25) is 0 Å². The first-order valence-corrected chi connectivity index (χ1v) is 5.21. The van der Waals surface area contributed by atoms with Crippen molar-refractivity contribution in [2.45, 2.75) is 31.6 Å². The summed E-state index contributed by atoms with van der Waals surface area (Å²) in [7, 11) is 0. The second-order valence-corrected chi connectivity index (χ2v) is 4.83. The van der Waals surface area contributed by atoms with Gasteiger partial charge in [-0.25, -0.2) is 4.98 Å². The van der Waals surface area contributed by atoms with Crippen molar-refractivity contribution in [3.63, 3.8) is 0 Å². The molecule has 66 valence electrons. The van der Waals surface area contributed by atoms with E-state index < -0.39 is 0 Å². The van der Waals surface area contributed by atoms with Crippen molar-refractivity contribution in [2.24, 2.45) is 5.73 Å². The Hall–Kier alpha value is -0.410. The maximum absolute atomic E-state index is 5.46. The van der Waals surface area contributed by atoms with E-state index in [4.69, 9.17) is 5.73 Å². The molecule has 12 heavy (non-hydrogen) atoms. The number of thiazole rings is 1. The summed E-state index contributed by atoms with van der Waals surface area (Å²) in [6.07, 6.45) is 5.62. The Morgan fingerprint density at radius 1 is 1.67 bits per heavy atom. The summed E-state index contributed by atoms with van der Waals surface area (Å²) in [5.74, 6) is 0. The molecular formula is C9H14N2S. The van der Waals surface area contributed by atoms with Crippen LogP contribution in [0.15, 0.2) is 6.20 Å². The fourth-order valence-electron chi connectivity index (χ4n) is 1.26. The molecule has 0 unspecified atom stereocenters. The molecule has 0 atom stereocenters. The normalized spacial score (nSPS) is 19.5. The molecule has 0 spiro atoms. The van der Waals surface area contributed by atoms with Gasteiger partial charge in [-0.2, -0.15) is 0 Å². The van der Waals surface area contributed by atoms with E-state index in [-0.39, 0.29) is 0 Å². The summed E-state index contributed by atoms with van der Waals surface area (Å²) in [5, 5.41) is 1.20. The Kier molecular flexibility index (Phi) is 1.93. The molecule has 1 saturated carbocycles. The maximum Gasteiger partial charge on any atom is 0.0940 e. The molecule has 1 aromatic heterocycles. The van der Waals surface area contributed by atoms with E-state index in [9.17, 15) is 0 Å². The van der Waals surface area contributed by atoms with Crippen LogP contribution in [0.1, 0.15) is 29.7 Å². The summed E-state index contributed by atoms with van der Waals surface area (Å²) in [6, 6.07) is 0. The number of rotatable bonds is 3. The Bertz CT molecular complexity index is 276. The summed E-state index contributed by atoms with van der Waals surface area (Å²) in [5.41, 5.74) is 5.94. The fraction of sp³-hybridized carbons (Fsp3) is 0.667. The van der Waals surface area contributed by atoms with E-state index in [0.717, 1.165) is 6.42 Å². The van der Waals surface area contributed by atoms with E-state index >= 15 is 0 Å². The van der Waals surface area contributed by atoms with Crippen molar-refractivity contribution in [3.05, 3.63) is 16.1 Å². The highest BCUT2D eigenvalue weighted by atomic mass is 32.1. The zero-order valence-electron chi connectivity index (χ0n) is 7.34. The smallest absolute Gasteiger partial charge is 0.0940 e. The second-order valence-electron chi connectivity index (χ2n) is 3.72. The number of hydrogen-bond acceptors (Lipinski definition) is 3. The van der Waals surface area contributed by atoms with E-state index in [1.165, 1.54) is 22.7 Å². The number of aromatic nitrogens is 1. The molecule has 0 aromatic carbocycles. The van der Waals surface area contributed by atoms with Crippen LogP contribution in [0.4, 0.5) is 0 Å². The first-order chi connectivity index (χ1) is 5.74. The Balaban J connectivity index is 2.13. The molecule has 1 aliphatic carbocycles. The molecule has 3 heteroatoms. The summed E-state index contributed by atoms with van der Waals surface area (Å²) in [4.78, 5) is 5.80. The highest BCUT2D eigenvalue weighted by Gasteiger charge is 2.40. The molecule has 0 bridgehead atoms. The van der Waals surface area contributed by atoms with Crippen molar-refractivity contribution in [1.82, 2.24) is 4.98 Å². The van der Waals surface area contributed by atoms with Crippen LogP contribution >= 0.6 is 11.3 Å². The minimum Gasteiger partial charge on any atom is -0.330 e. The van der Waals surface area contributed by atoms with E-state index in [0.29, 0.717) is 12.0 Å². The van der Waals surface area contributed by atoms with Crippen LogP contribution in [-0.2, 0) is 11.8 Å². The predicted molar refractivity (Wildman–Crippen MR) is 51.5 cm³/mol. The Labute approximate surface area is 76.8 Å². The van der Waals surface area contributed by atoms with Gasteiger partial charge in [0, 0.05) is 22.9 Å². The molecule has 0 amide bonds. The lowest BCUT2D eigenvalue weighted by Gasteiger charge is -2.00. The monoisotopic (exact) mass is 182 g/mol. The third-order valence-electron chi connectivity index (χ3n) is 2.51. The van der Waals surface area contributed by atoms with Gasteiger partial charge in [0.15, 0.2) is 0 Å². The minimum atomic E-state index is 0.477. The van der Waals surface area contributed by atoms with E-state index in [1.54, 1.807) is 0 Å². The van der Waals surface area contributed by atoms with Crippen LogP contribution in [0, 0.1) is 0 Å². The van der Waals surface area contributed by atoms with Crippen LogP contribution in [-0.4, -0.2) is 11.5 Å². The average molecular weight is 182 g/mol. The number of nitrogens with zero attached hydrogens (tertiary/aromatic N) is 1. The highest BCUT2D eigenvalue weighted by Crippen LogP contribution is 2.49. The van der Waals surface area contributed by atoms with Gasteiger partial charge in [0.1, 0.15) is 0 Å². The molecule has 0 saturated heterocycles. The zero-order valence-corrected chi connectivity index (χ0v) is 8.16. The molecular weight excluding hydrogens is 168 g/mol. The topological polar surface area (TPSA) is 38.9 Å². The average Bonchev–Trinajstić information content (AvgIpc) is 2.64. The standard InChI is InChI=1S/C9H14N2S/c1-9(3-4-9)7-6-11-8(12-7)2-5-10/h6H,2-5,10H2,1H3. The van der Waals surface area contributed by atoms with Gasteiger partial charge < -0.3 is 5.73 Å². The van der Waals surface area contributed by atoms with Crippen LogP contribution < -0.4 is 5.73 Å². The zero-order chi connectivity index (χ0) is 8.60.